The zero-order valence-corrected chi connectivity index (χ0v) is 9.74. The summed E-state index contributed by atoms with van der Waals surface area (Å²) in [4.78, 5) is 13.8. The van der Waals surface area contributed by atoms with Crippen LogP contribution in [0.5, 0.6) is 0 Å². The summed E-state index contributed by atoms with van der Waals surface area (Å²) in [6.07, 6.45) is 3.33. The van der Waals surface area contributed by atoms with Gasteiger partial charge in [0.05, 0.1) is 12.7 Å². The maximum absolute atomic E-state index is 11.8. The van der Waals surface area contributed by atoms with E-state index < -0.39 is 0 Å². The monoisotopic (exact) mass is 211 g/mol. The van der Waals surface area contributed by atoms with Gasteiger partial charge in [0.25, 0.3) is 0 Å². The molecule has 2 fully saturated rings. The standard InChI is InChI=1S/C12H21NO2/c1-9(2)3-4-12(14)13-6-5-10(7-13)11-8-15-11/h9-11H,3-8H2,1-2H3. The molecule has 2 aliphatic rings. The fourth-order valence-corrected chi connectivity index (χ4v) is 2.22. The summed E-state index contributed by atoms with van der Waals surface area (Å²) in [5.41, 5.74) is 0. The lowest BCUT2D eigenvalue weighted by molar-refractivity contribution is -0.130. The van der Waals surface area contributed by atoms with Gasteiger partial charge in [-0.3, -0.25) is 4.79 Å². The third-order valence-corrected chi connectivity index (χ3v) is 3.40. The lowest BCUT2D eigenvalue weighted by Crippen LogP contribution is -2.29. The number of nitrogens with zero attached hydrogens (tertiary/aromatic N) is 1. The third-order valence-electron chi connectivity index (χ3n) is 3.40. The summed E-state index contributed by atoms with van der Waals surface area (Å²) in [5, 5.41) is 0. The zero-order valence-electron chi connectivity index (χ0n) is 9.74. The Balaban J connectivity index is 1.72. The van der Waals surface area contributed by atoms with Crippen LogP contribution in [0.2, 0.25) is 0 Å². The first kappa shape index (κ1) is 10.9. The number of epoxide rings is 1. The molecule has 0 bridgehead atoms. The van der Waals surface area contributed by atoms with Crippen LogP contribution in [0.15, 0.2) is 0 Å². The molecular formula is C12H21NO2. The minimum absolute atomic E-state index is 0.340. The SMILES string of the molecule is CC(C)CCC(=O)N1CCC(C2CO2)C1. The van der Waals surface area contributed by atoms with Crippen LogP contribution in [0.1, 0.15) is 33.1 Å². The van der Waals surface area contributed by atoms with E-state index in [9.17, 15) is 4.79 Å². The Morgan fingerprint density at radius 1 is 1.53 bits per heavy atom. The molecule has 3 heteroatoms. The number of ether oxygens (including phenoxy) is 1. The van der Waals surface area contributed by atoms with E-state index in [1.54, 1.807) is 0 Å². The van der Waals surface area contributed by atoms with Crippen LogP contribution in [-0.2, 0) is 9.53 Å². The largest absolute Gasteiger partial charge is 0.373 e. The highest BCUT2D eigenvalue weighted by Gasteiger charge is 2.38. The van der Waals surface area contributed by atoms with Crippen LogP contribution >= 0.6 is 0 Å². The number of likely N-dealkylation sites (tertiary alicyclic amines) is 1. The van der Waals surface area contributed by atoms with E-state index in [1.807, 2.05) is 4.90 Å². The van der Waals surface area contributed by atoms with Crippen molar-refractivity contribution < 1.29 is 9.53 Å². The Morgan fingerprint density at radius 2 is 2.27 bits per heavy atom. The molecule has 0 aromatic carbocycles. The van der Waals surface area contributed by atoms with E-state index in [-0.39, 0.29) is 0 Å². The van der Waals surface area contributed by atoms with Gasteiger partial charge in [0.1, 0.15) is 0 Å². The second-order valence-corrected chi connectivity index (χ2v) is 5.19. The van der Waals surface area contributed by atoms with Crippen LogP contribution in [0, 0.1) is 11.8 Å². The van der Waals surface area contributed by atoms with Crippen LogP contribution in [0.25, 0.3) is 0 Å². The van der Waals surface area contributed by atoms with Gasteiger partial charge in [-0.25, -0.2) is 0 Å². The predicted molar refractivity (Wildman–Crippen MR) is 58.5 cm³/mol. The fourth-order valence-electron chi connectivity index (χ4n) is 2.22. The van der Waals surface area contributed by atoms with Gasteiger partial charge in [0.2, 0.25) is 5.91 Å². The van der Waals surface area contributed by atoms with Crippen LogP contribution in [-0.4, -0.2) is 36.6 Å². The number of rotatable bonds is 4. The van der Waals surface area contributed by atoms with Crippen molar-refractivity contribution in [2.24, 2.45) is 11.8 Å². The second-order valence-electron chi connectivity index (χ2n) is 5.19. The molecule has 0 spiro atoms. The zero-order chi connectivity index (χ0) is 10.8. The summed E-state index contributed by atoms with van der Waals surface area (Å²) in [5.74, 6) is 1.58. The summed E-state index contributed by atoms with van der Waals surface area (Å²) in [7, 11) is 0. The van der Waals surface area contributed by atoms with Crippen molar-refractivity contribution in [2.75, 3.05) is 19.7 Å². The van der Waals surface area contributed by atoms with Crippen molar-refractivity contribution in [3.8, 4) is 0 Å². The first-order chi connectivity index (χ1) is 7.16. The molecule has 0 aromatic heterocycles. The normalized spacial score (nSPS) is 29.9. The Morgan fingerprint density at radius 3 is 2.87 bits per heavy atom. The van der Waals surface area contributed by atoms with Crippen molar-refractivity contribution >= 4 is 5.91 Å². The Bertz CT molecular complexity index is 236. The molecule has 2 atom stereocenters. The molecule has 2 aliphatic heterocycles. The highest BCUT2D eigenvalue weighted by molar-refractivity contribution is 5.76. The topological polar surface area (TPSA) is 32.8 Å². The molecule has 2 saturated heterocycles. The highest BCUT2D eigenvalue weighted by Crippen LogP contribution is 2.29. The van der Waals surface area contributed by atoms with Crippen molar-refractivity contribution in [3.63, 3.8) is 0 Å². The van der Waals surface area contributed by atoms with E-state index in [1.165, 1.54) is 0 Å². The summed E-state index contributed by atoms with van der Waals surface area (Å²) < 4.78 is 5.28. The first-order valence-electron chi connectivity index (χ1n) is 6.06. The average Bonchev–Trinajstić information content (AvgIpc) is 2.93. The minimum atomic E-state index is 0.340. The van der Waals surface area contributed by atoms with Gasteiger partial charge >= 0.3 is 0 Å². The van der Waals surface area contributed by atoms with Gasteiger partial charge in [0.15, 0.2) is 0 Å². The van der Waals surface area contributed by atoms with Crippen LogP contribution in [0.4, 0.5) is 0 Å². The number of hydrogen-bond donors (Lipinski definition) is 0. The maximum Gasteiger partial charge on any atom is 0.222 e. The van der Waals surface area contributed by atoms with E-state index in [2.05, 4.69) is 13.8 Å². The number of amides is 1. The molecule has 1 amide bonds. The molecule has 0 saturated carbocycles. The average molecular weight is 211 g/mol. The van der Waals surface area contributed by atoms with Gasteiger partial charge < -0.3 is 9.64 Å². The molecule has 0 radical (unpaired) electrons. The van der Waals surface area contributed by atoms with E-state index in [0.717, 1.165) is 39.0 Å². The molecule has 86 valence electrons. The van der Waals surface area contributed by atoms with E-state index in [0.29, 0.717) is 23.8 Å². The highest BCUT2D eigenvalue weighted by atomic mass is 16.6. The molecule has 15 heavy (non-hydrogen) atoms. The number of hydrogen-bond acceptors (Lipinski definition) is 2. The van der Waals surface area contributed by atoms with Gasteiger partial charge in [0, 0.05) is 25.4 Å². The maximum atomic E-state index is 11.8. The number of carbonyl (C=O) groups is 1. The van der Waals surface area contributed by atoms with Gasteiger partial charge in [-0.1, -0.05) is 13.8 Å². The Kier molecular flexibility index (Phi) is 3.29. The molecule has 2 heterocycles. The molecule has 3 nitrogen and oxygen atoms in total. The van der Waals surface area contributed by atoms with Crippen molar-refractivity contribution in [3.05, 3.63) is 0 Å². The van der Waals surface area contributed by atoms with E-state index in [4.69, 9.17) is 4.74 Å². The second kappa shape index (κ2) is 4.52. The van der Waals surface area contributed by atoms with E-state index >= 15 is 0 Å². The fraction of sp³-hybridized carbons (Fsp3) is 0.917. The first-order valence-corrected chi connectivity index (χ1v) is 6.06. The number of carbonyl (C=O) groups excluding carboxylic acids is 1. The van der Waals surface area contributed by atoms with Crippen molar-refractivity contribution in [2.45, 2.75) is 39.2 Å². The smallest absolute Gasteiger partial charge is 0.222 e. The third kappa shape index (κ3) is 2.94. The molecule has 2 rings (SSSR count). The Labute approximate surface area is 91.8 Å². The van der Waals surface area contributed by atoms with Crippen molar-refractivity contribution in [1.29, 1.82) is 0 Å². The molecule has 0 N–H and O–H groups in total. The quantitative estimate of drug-likeness (QED) is 0.663. The molecular weight excluding hydrogens is 190 g/mol. The predicted octanol–water partition coefficient (Wildman–Crippen LogP) is 1.67. The molecule has 0 aromatic rings. The van der Waals surface area contributed by atoms with Gasteiger partial charge in [-0.05, 0) is 18.8 Å². The van der Waals surface area contributed by atoms with Crippen LogP contribution in [0.3, 0.4) is 0 Å². The van der Waals surface area contributed by atoms with Gasteiger partial charge in [-0.2, -0.15) is 0 Å². The summed E-state index contributed by atoms with van der Waals surface area (Å²) in [6, 6.07) is 0. The summed E-state index contributed by atoms with van der Waals surface area (Å²) >= 11 is 0. The Hall–Kier alpha value is -0.570. The minimum Gasteiger partial charge on any atom is -0.373 e. The lowest BCUT2D eigenvalue weighted by atomic mass is 10.1. The van der Waals surface area contributed by atoms with Crippen molar-refractivity contribution in [1.82, 2.24) is 4.90 Å². The summed E-state index contributed by atoms with van der Waals surface area (Å²) in [6.45, 7) is 7.12. The molecule has 0 aliphatic carbocycles. The van der Waals surface area contributed by atoms with Gasteiger partial charge in [-0.15, -0.1) is 0 Å². The lowest BCUT2D eigenvalue weighted by Gasteiger charge is -2.16. The molecule has 2 unspecified atom stereocenters. The van der Waals surface area contributed by atoms with Crippen LogP contribution < -0.4 is 0 Å².